The smallest absolute Gasteiger partial charge is 0.261 e. The van der Waals surface area contributed by atoms with Crippen molar-refractivity contribution in [2.24, 2.45) is 0 Å². The van der Waals surface area contributed by atoms with Crippen molar-refractivity contribution >= 4 is 23.6 Å². The Hall–Kier alpha value is -2.74. The van der Waals surface area contributed by atoms with E-state index in [1.165, 1.54) is 4.90 Å². The summed E-state index contributed by atoms with van der Waals surface area (Å²) in [6.07, 6.45) is 2.50. The molecule has 156 valence electrons. The monoisotopic (exact) mass is 401 g/mol. The Balaban J connectivity index is 1.37. The van der Waals surface area contributed by atoms with Crippen molar-refractivity contribution in [1.29, 1.82) is 0 Å². The van der Waals surface area contributed by atoms with E-state index in [1.54, 1.807) is 31.4 Å². The number of amides is 4. The van der Waals surface area contributed by atoms with Gasteiger partial charge in [0.15, 0.2) is 0 Å². The third kappa shape index (κ3) is 5.00. The van der Waals surface area contributed by atoms with Crippen LogP contribution in [0.4, 0.5) is 0 Å². The zero-order valence-electron chi connectivity index (χ0n) is 16.7. The van der Waals surface area contributed by atoms with Gasteiger partial charge in [-0.25, -0.2) is 0 Å². The highest BCUT2D eigenvalue weighted by atomic mass is 16.5. The summed E-state index contributed by atoms with van der Waals surface area (Å²) in [5, 5.41) is 3.00. The molecule has 1 saturated heterocycles. The number of nitrogens with zero attached hydrogens (tertiary/aromatic N) is 2. The maximum atomic E-state index is 12.3. The summed E-state index contributed by atoms with van der Waals surface area (Å²) in [5.41, 5.74) is 0.850. The number of nitrogens with one attached hydrogen (secondary N) is 1. The highest BCUT2D eigenvalue weighted by molar-refractivity contribution is 6.21. The number of rotatable bonds is 8. The molecule has 1 aromatic rings. The predicted octanol–water partition coefficient (Wildman–Crippen LogP) is 1.21. The average molecular weight is 401 g/mol. The Morgan fingerprint density at radius 3 is 2.28 bits per heavy atom. The second kappa shape index (κ2) is 9.65. The Kier molecular flexibility index (Phi) is 6.98. The van der Waals surface area contributed by atoms with E-state index in [-0.39, 0.29) is 42.6 Å². The van der Waals surface area contributed by atoms with Crippen LogP contribution >= 0.6 is 0 Å². The first-order valence-electron chi connectivity index (χ1n) is 10.0. The second-order valence-electron chi connectivity index (χ2n) is 7.38. The van der Waals surface area contributed by atoms with E-state index in [2.05, 4.69) is 5.32 Å². The molecule has 3 rings (SSSR count). The summed E-state index contributed by atoms with van der Waals surface area (Å²) in [7, 11) is 1.57. The molecule has 0 spiro atoms. The summed E-state index contributed by atoms with van der Waals surface area (Å²) in [6, 6.07) is 6.81. The van der Waals surface area contributed by atoms with E-state index in [1.807, 2.05) is 4.90 Å². The maximum absolute atomic E-state index is 12.3. The summed E-state index contributed by atoms with van der Waals surface area (Å²) in [5.74, 6) is -0.601. The lowest BCUT2D eigenvalue weighted by atomic mass is 10.0. The quantitative estimate of drug-likeness (QED) is 0.661. The Morgan fingerprint density at radius 2 is 1.69 bits per heavy atom. The van der Waals surface area contributed by atoms with Crippen molar-refractivity contribution in [1.82, 2.24) is 15.1 Å². The Morgan fingerprint density at radius 1 is 1.07 bits per heavy atom. The molecule has 0 aromatic heterocycles. The minimum atomic E-state index is -0.295. The zero-order chi connectivity index (χ0) is 20.8. The normalized spacial score (nSPS) is 16.9. The standard InChI is InChI=1S/C21H27N3O5/c1-29-14-10-19(26)23-12-8-15(9-13-23)22-18(25)7-4-11-24-20(27)16-5-2-3-6-17(16)21(24)28/h2-3,5-6,15H,4,7-14H2,1H3,(H,22,25). The molecular formula is C21H27N3O5. The Bertz CT molecular complexity index is 751. The fourth-order valence-electron chi connectivity index (χ4n) is 3.76. The molecule has 1 aromatic carbocycles. The van der Waals surface area contributed by atoms with E-state index < -0.39 is 0 Å². The van der Waals surface area contributed by atoms with E-state index in [0.717, 1.165) is 12.8 Å². The number of carbonyl (C=O) groups excluding carboxylic acids is 4. The molecule has 2 aliphatic heterocycles. The molecule has 8 heteroatoms. The largest absolute Gasteiger partial charge is 0.384 e. The lowest BCUT2D eigenvalue weighted by molar-refractivity contribution is -0.133. The number of hydrogen-bond donors (Lipinski definition) is 1. The van der Waals surface area contributed by atoms with Gasteiger partial charge in [0.1, 0.15) is 0 Å². The molecule has 0 saturated carbocycles. The van der Waals surface area contributed by atoms with Crippen molar-refractivity contribution in [2.75, 3.05) is 33.4 Å². The highest BCUT2D eigenvalue weighted by Crippen LogP contribution is 2.22. The van der Waals surface area contributed by atoms with Gasteiger partial charge in [-0.15, -0.1) is 0 Å². The molecule has 0 radical (unpaired) electrons. The first kappa shape index (κ1) is 21.0. The van der Waals surface area contributed by atoms with Gasteiger partial charge in [-0.2, -0.15) is 0 Å². The number of benzene rings is 1. The summed E-state index contributed by atoms with van der Waals surface area (Å²) < 4.78 is 4.93. The topological polar surface area (TPSA) is 96.0 Å². The molecule has 2 heterocycles. The van der Waals surface area contributed by atoms with Gasteiger partial charge in [0, 0.05) is 39.2 Å². The van der Waals surface area contributed by atoms with Gasteiger partial charge in [-0.1, -0.05) is 12.1 Å². The fourth-order valence-corrected chi connectivity index (χ4v) is 3.76. The van der Waals surface area contributed by atoms with E-state index in [9.17, 15) is 19.2 Å². The third-order valence-corrected chi connectivity index (χ3v) is 5.40. The van der Waals surface area contributed by atoms with Gasteiger partial charge < -0.3 is 15.0 Å². The van der Waals surface area contributed by atoms with Crippen LogP contribution in [0.2, 0.25) is 0 Å². The molecule has 4 amide bonds. The molecule has 0 atom stereocenters. The number of fused-ring (bicyclic) bond motifs is 1. The minimum absolute atomic E-state index is 0.0493. The van der Waals surface area contributed by atoms with Crippen LogP contribution in [-0.2, 0) is 14.3 Å². The third-order valence-electron chi connectivity index (χ3n) is 5.40. The molecule has 1 N–H and O–H groups in total. The average Bonchev–Trinajstić information content (AvgIpc) is 2.97. The van der Waals surface area contributed by atoms with Crippen LogP contribution in [0.3, 0.4) is 0 Å². The van der Waals surface area contributed by atoms with E-state index in [0.29, 0.717) is 43.7 Å². The summed E-state index contributed by atoms with van der Waals surface area (Å²) >= 11 is 0. The SMILES string of the molecule is COCCC(=O)N1CCC(NC(=O)CCCN2C(=O)c3ccccc3C2=O)CC1. The van der Waals surface area contributed by atoms with Crippen molar-refractivity contribution in [3.05, 3.63) is 35.4 Å². The minimum Gasteiger partial charge on any atom is -0.384 e. The number of likely N-dealkylation sites (tertiary alicyclic amines) is 1. The first-order valence-corrected chi connectivity index (χ1v) is 10.0. The van der Waals surface area contributed by atoms with Gasteiger partial charge in [0.25, 0.3) is 11.8 Å². The second-order valence-corrected chi connectivity index (χ2v) is 7.38. The van der Waals surface area contributed by atoms with E-state index in [4.69, 9.17) is 4.74 Å². The van der Waals surface area contributed by atoms with Crippen LogP contribution in [0.15, 0.2) is 24.3 Å². The highest BCUT2D eigenvalue weighted by Gasteiger charge is 2.34. The number of piperidine rings is 1. The zero-order valence-corrected chi connectivity index (χ0v) is 16.7. The van der Waals surface area contributed by atoms with Crippen LogP contribution in [0.25, 0.3) is 0 Å². The molecular weight excluding hydrogens is 374 g/mol. The maximum Gasteiger partial charge on any atom is 0.261 e. The van der Waals surface area contributed by atoms with Crippen LogP contribution in [0, 0.1) is 0 Å². The Labute approximate surface area is 170 Å². The number of hydrogen-bond acceptors (Lipinski definition) is 5. The summed E-state index contributed by atoms with van der Waals surface area (Å²) in [6.45, 7) is 1.90. The first-order chi connectivity index (χ1) is 14.0. The van der Waals surface area contributed by atoms with Gasteiger partial charge in [-0.3, -0.25) is 24.1 Å². The van der Waals surface area contributed by atoms with Crippen LogP contribution in [0.1, 0.15) is 52.8 Å². The van der Waals surface area contributed by atoms with Crippen molar-refractivity contribution in [2.45, 2.75) is 38.1 Å². The van der Waals surface area contributed by atoms with Gasteiger partial charge in [0.2, 0.25) is 11.8 Å². The summed E-state index contributed by atoms with van der Waals surface area (Å²) in [4.78, 5) is 51.9. The van der Waals surface area contributed by atoms with Crippen molar-refractivity contribution in [3.8, 4) is 0 Å². The molecule has 0 unspecified atom stereocenters. The number of imide groups is 1. The van der Waals surface area contributed by atoms with Crippen LogP contribution in [-0.4, -0.2) is 72.8 Å². The van der Waals surface area contributed by atoms with Gasteiger partial charge >= 0.3 is 0 Å². The number of carbonyl (C=O) groups is 4. The van der Waals surface area contributed by atoms with Crippen LogP contribution < -0.4 is 5.32 Å². The predicted molar refractivity (Wildman–Crippen MR) is 105 cm³/mol. The molecule has 1 fully saturated rings. The van der Waals surface area contributed by atoms with Gasteiger partial charge in [0.05, 0.1) is 24.2 Å². The molecule has 0 aliphatic carbocycles. The lowest BCUT2D eigenvalue weighted by Gasteiger charge is -2.32. The van der Waals surface area contributed by atoms with Gasteiger partial charge in [-0.05, 0) is 31.4 Å². The number of ether oxygens (including phenoxy) is 1. The van der Waals surface area contributed by atoms with Crippen molar-refractivity contribution in [3.63, 3.8) is 0 Å². The van der Waals surface area contributed by atoms with Crippen LogP contribution in [0.5, 0.6) is 0 Å². The van der Waals surface area contributed by atoms with E-state index >= 15 is 0 Å². The lowest BCUT2D eigenvalue weighted by Crippen LogP contribution is -2.46. The molecule has 8 nitrogen and oxygen atoms in total. The molecule has 29 heavy (non-hydrogen) atoms. The fraction of sp³-hybridized carbons (Fsp3) is 0.524. The molecule has 0 bridgehead atoms. The molecule has 2 aliphatic rings. The van der Waals surface area contributed by atoms with Crippen molar-refractivity contribution < 1.29 is 23.9 Å². The number of methoxy groups -OCH3 is 1.